The highest BCUT2D eigenvalue weighted by molar-refractivity contribution is 4.83. The number of hydrogen-bond donors (Lipinski definition) is 1. The van der Waals surface area contributed by atoms with Crippen LogP contribution in [0.25, 0.3) is 0 Å². The van der Waals surface area contributed by atoms with Crippen LogP contribution in [0.1, 0.15) is 78.1 Å². The second-order valence-electron chi connectivity index (χ2n) is 6.51. The molecular formula is C16H31N. The molecule has 1 heteroatoms. The summed E-state index contributed by atoms with van der Waals surface area (Å²) in [5.74, 6) is 2.02. The van der Waals surface area contributed by atoms with E-state index in [1.54, 1.807) is 0 Å². The van der Waals surface area contributed by atoms with Gasteiger partial charge in [-0.25, -0.2) is 0 Å². The van der Waals surface area contributed by atoms with Crippen molar-refractivity contribution in [3.63, 3.8) is 0 Å². The lowest BCUT2D eigenvalue weighted by molar-refractivity contribution is 0.244. The molecule has 2 aliphatic rings. The van der Waals surface area contributed by atoms with Crippen LogP contribution in [-0.4, -0.2) is 12.1 Å². The van der Waals surface area contributed by atoms with Crippen LogP contribution in [0.5, 0.6) is 0 Å². The van der Waals surface area contributed by atoms with E-state index in [4.69, 9.17) is 0 Å². The Hall–Kier alpha value is -0.0400. The first-order valence-corrected chi connectivity index (χ1v) is 8.05. The van der Waals surface area contributed by atoms with Crippen LogP contribution in [0.15, 0.2) is 0 Å². The zero-order valence-corrected chi connectivity index (χ0v) is 11.9. The molecule has 17 heavy (non-hydrogen) atoms. The topological polar surface area (TPSA) is 12.0 Å². The lowest BCUT2D eigenvalue weighted by Crippen LogP contribution is -2.42. The van der Waals surface area contributed by atoms with Crippen molar-refractivity contribution in [2.24, 2.45) is 11.8 Å². The first-order chi connectivity index (χ1) is 8.29. The van der Waals surface area contributed by atoms with Gasteiger partial charge in [0.2, 0.25) is 0 Å². The molecule has 0 aromatic heterocycles. The fourth-order valence-electron chi connectivity index (χ4n) is 3.99. The Morgan fingerprint density at radius 2 is 1.65 bits per heavy atom. The molecule has 2 rings (SSSR count). The first-order valence-electron chi connectivity index (χ1n) is 8.05. The lowest BCUT2D eigenvalue weighted by atomic mass is 9.83. The summed E-state index contributed by atoms with van der Waals surface area (Å²) in [5.41, 5.74) is 0. The fourth-order valence-corrected chi connectivity index (χ4v) is 3.99. The normalized spacial score (nSPS) is 32.8. The monoisotopic (exact) mass is 237 g/mol. The Labute approximate surface area is 108 Å². The molecule has 0 bridgehead atoms. The fraction of sp³-hybridized carbons (Fsp3) is 1.00. The maximum atomic E-state index is 3.92. The molecule has 100 valence electrons. The Balaban J connectivity index is 1.66. The van der Waals surface area contributed by atoms with Crippen molar-refractivity contribution in [3.8, 4) is 0 Å². The highest BCUT2D eigenvalue weighted by atomic mass is 15.0. The van der Waals surface area contributed by atoms with Gasteiger partial charge < -0.3 is 5.32 Å². The van der Waals surface area contributed by atoms with Crippen LogP contribution in [0.4, 0.5) is 0 Å². The lowest BCUT2D eigenvalue weighted by Gasteiger charge is -2.33. The van der Waals surface area contributed by atoms with Crippen molar-refractivity contribution in [1.29, 1.82) is 0 Å². The molecule has 1 atom stereocenters. The van der Waals surface area contributed by atoms with Crippen molar-refractivity contribution in [3.05, 3.63) is 0 Å². The summed E-state index contributed by atoms with van der Waals surface area (Å²) >= 11 is 0. The van der Waals surface area contributed by atoms with Crippen LogP contribution < -0.4 is 5.32 Å². The van der Waals surface area contributed by atoms with E-state index in [0.717, 1.165) is 23.9 Å². The molecule has 0 amide bonds. The number of rotatable bonds is 5. The van der Waals surface area contributed by atoms with Gasteiger partial charge >= 0.3 is 0 Å². The maximum absolute atomic E-state index is 3.92. The second kappa shape index (κ2) is 6.78. The van der Waals surface area contributed by atoms with Gasteiger partial charge in [-0.2, -0.15) is 0 Å². The average Bonchev–Trinajstić information content (AvgIpc) is 2.86. The summed E-state index contributed by atoms with van der Waals surface area (Å²) in [6.45, 7) is 4.75. The van der Waals surface area contributed by atoms with Crippen molar-refractivity contribution < 1.29 is 0 Å². The number of hydrogen-bond acceptors (Lipinski definition) is 1. The molecule has 0 aromatic rings. The summed E-state index contributed by atoms with van der Waals surface area (Å²) in [5, 5.41) is 3.92. The minimum Gasteiger partial charge on any atom is -0.311 e. The van der Waals surface area contributed by atoms with Crippen LogP contribution >= 0.6 is 0 Å². The Bertz CT molecular complexity index is 200. The molecule has 0 spiro atoms. The zero-order valence-electron chi connectivity index (χ0n) is 11.9. The maximum Gasteiger partial charge on any atom is 0.00698 e. The third kappa shape index (κ3) is 3.98. The molecule has 1 unspecified atom stereocenters. The predicted octanol–water partition coefficient (Wildman–Crippen LogP) is 4.51. The summed E-state index contributed by atoms with van der Waals surface area (Å²) < 4.78 is 0. The molecule has 1 N–H and O–H groups in total. The Kier molecular flexibility index (Phi) is 5.34. The van der Waals surface area contributed by atoms with Gasteiger partial charge in [0.1, 0.15) is 0 Å². The van der Waals surface area contributed by atoms with Crippen LogP contribution in [-0.2, 0) is 0 Å². The second-order valence-corrected chi connectivity index (χ2v) is 6.51. The quantitative estimate of drug-likeness (QED) is 0.741. The third-order valence-electron chi connectivity index (χ3n) is 5.15. The molecule has 1 nitrogen and oxygen atoms in total. The van der Waals surface area contributed by atoms with E-state index in [1.807, 2.05) is 0 Å². The van der Waals surface area contributed by atoms with Crippen molar-refractivity contribution in [2.45, 2.75) is 90.1 Å². The van der Waals surface area contributed by atoms with E-state index in [-0.39, 0.29) is 0 Å². The smallest absolute Gasteiger partial charge is 0.00698 e. The molecule has 0 aromatic carbocycles. The molecular weight excluding hydrogens is 206 g/mol. The van der Waals surface area contributed by atoms with Crippen molar-refractivity contribution in [2.75, 3.05) is 0 Å². The molecule has 2 saturated carbocycles. The van der Waals surface area contributed by atoms with E-state index < -0.39 is 0 Å². The minimum atomic E-state index is 0.769. The van der Waals surface area contributed by atoms with Crippen molar-refractivity contribution in [1.82, 2.24) is 5.32 Å². The van der Waals surface area contributed by atoms with Gasteiger partial charge in [0, 0.05) is 12.1 Å². The largest absolute Gasteiger partial charge is 0.311 e. The zero-order chi connectivity index (χ0) is 12.1. The van der Waals surface area contributed by atoms with Crippen LogP contribution in [0.2, 0.25) is 0 Å². The van der Waals surface area contributed by atoms with Crippen LogP contribution in [0.3, 0.4) is 0 Å². The highest BCUT2D eigenvalue weighted by Crippen LogP contribution is 2.31. The van der Waals surface area contributed by atoms with E-state index in [0.29, 0.717) is 0 Å². The summed E-state index contributed by atoms with van der Waals surface area (Å²) in [6, 6.07) is 1.60. The van der Waals surface area contributed by atoms with Gasteiger partial charge in [0.25, 0.3) is 0 Å². The molecule has 0 aliphatic heterocycles. The van der Waals surface area contributed by atoms with Gasteiger partial charge in [-0.1, -0.05) is 32.6 Å². The van der Waals surface area contributed by atoms with Gasteiger partial charge in [-0.15, -0.1) is 0 Å². The van der Waals surface area contributed by atoms with Crippen molar-refractivity contribution >= 4 is 0 Å². The Morgan fingerprint density at radius 1 is 1.00 bits per heavy atom. The average molecular weight is 237 g/mol. The number of nitrogens with one attached hydrogen (secondary N) is 1. The standard InChI is InChI=1S/C16H31N/c1-3-6-14-9-11-16(12-10-14)17-13(2)15-7-4-5-8-15/h13-17H,3-12H2,1-2H3. The third-order valence-corrected chi connectivity index (χ3v) is 5.15. The Morgan fingerprint density at radius 3 is 2.24 bits per heavy atom. The summed E-state index contributed by atoms with van der Waals surface area (Å²) in [7, 11) is 0. The van der Waals surface area contributed by atoms with E-state index in [2.05, 4.69) is 19.2 Å². The van der Waals surface area contributed by atoms with E-state index >= 15 is 0 Å². The van der Waals surface area contributed by atoms with Gasteiger partial charge in [0.15, 0.2) is 0 Å². The van der Waals surface area contributed by atoms with E-state index in [1.165, 1.54) is 64.2 Å². The predicted molar refractivity (Wildman–Crippen MR) is 75.2 cm³/mol. The summed E-state index contributed by atoms with van der Waals surface area (Å²) in [4.78, 5) is 0. The molecule has 2 fully saturated rings. The van der Waals surface area contributed by atoms with Gasteiger partial charge in [-0.3, -0.25) is 0 Å². The summed E-state index contributed by atoms with van der Waals surface area (Å²) in [6.07, 6.45) is 14.5. The highest BCUT2D eigenvalue weighted by Gasteiger charge is 2.26. The van der Waals surface area contributed by atoms with E-state index in [9.17, 15) is 0 Å². The molecule has 0 heterocycles. The van der Waals surface area contributed by atoms with Gasteiger partial charge in [-0.05, 0) is 57.3 Å². The first kappa shape index (κ1) is 13.4. The SMILES string of the molecule is CCCC1CCC(NC(C)C2CCCC2)CC1. The molecule has 0 radical (unpaired) electrons. The van der Waals surface area contributed by atoms with Crippen LogP contribution in [0, 0.1) is 11.8 Å². The molecule has 2 aliphatic carbocycles. The minimum absolute atomic E-state index is 0.769. The van der Waals surface area contributed by atoms with Gasteiger partial charge in [0.05, 0.1) is 0 Å². The molecule has 0 saturated heterocycles.